The quantitative estimate of drug-likeness (QED) is 0.339. The average molecular weight is 516 g/mol. The molecule has 3 aromatic rings. The number of aromatic nitrogens is 1. The number of anilines is 2. The summed E-state index contributed by atoms with van der Waals surface area (Å²) in [5.41, 5.74) is 7.99. The van der Waals surface area contributed by atoms with Gasteiger partial charge in [0.05, 0.1) is 10.7 Å². The molecule has 1 saturated heterocycles. The van der Waals surface area contributed by atoms with Gasteiger partial charge in [-0.1, -0.05) is 23.7 Å². The predicted molar refractivity (Wildman–Crippen MR) is 137 cm³/mol. The first kappa shape index (κ1) is 25.7. The highest BCUT2D eigenvalue weighted by atomic mass is 35.5. The van der Waals surface area contributed by atoms with E-state index in [4.69, 9.17) is 22.1 Å². The lowest BCUT2D eigenvalue weighted by Crippen LogP contribution is -2.35. The molecule has 1 aliphatic heterocycles. The summed E-state index contributed by atoms with van der Waals surface area (Å²) in [6.07, 6.45) is 1.55. The van der Waals surface area contributed by atoms with Gasteiger partial charge in [-0.3, -0.25) is 0 Å². The number of hydrogen-bond donors (Lipinski definition) is 3. The molecule has 4 rings (SSSR count). The van der Waals surface area contributed by atoms with E-state index in [0.29, 0.717) is 17.9 Å². The molecule has 190 valence electrons. The number of ether oxygens (including phenoxy) is 1. The molecule has 4 N–H and O–H groups in total. The van der Waals surface area contributed by atoms with Crippen molar-refractivity contribution < 1.29 is 18.3 Å². The van der Waals surface area contributed by atoms with Gasteiger partial charge in [-0.15, -0.1) is 0 Å². The number of likely N-dealkylation sites (tertiary alicyclic amines) is 1. The van der Waals surface area contributed by atoms with Crippen molar-refractivity contribution in [2.24, 2.45) is 0 Å². The second-order valence-corrected chi connectivity index (χ2v) is 8.98. The molecule has 1 atom stereocenters. The summed E-state index contributed by atoms with van der Waals surface area (Å²) in [6.45, 7) is 5.18. The highest BCUT2D eigenvalue weighted by Crippen LogP contribution is 2.34. The number of carbonyl (C=O) groups excluding carboxylic acids is 1. The number of halogens is 3. The smallest absolute Gasteiger partial charge is 0.319 e. The first-order valence-electron chi connectivity index (χ1n) is 11.8. The van der Waals surface area contributed by atoms with Gasteiger partial charge < -0.3 is 26.0 Å². The van der Waals surface area contributed by atoms with Crippen molar-refractivity contribution in [1.82, 2.24) is 15.2 Å². The van der Waals surface area contributed by atoms with Crippen LogP contribution in [-0.2, 0) is 0 Å². The molecule has 0 spiro atoms. The third-order valence-electron chi connectivity index (χ3n) is 6.03. The molecule has 0 bridgehead atoms. The van der Waals surface area contributed by atoms with E-state index in [2.05, 4.69) is 20.5 Å². The van der Waals surface area contributed by atoms with Crippen LogP contribution in [0.5, 0.6) is 5.75 Å². The van der Waals surface area contributed by atoms with Crippen molar-refractivity contribution in [1.29, 1.82) is 0 Å². The maximum atomic E-state index is 14.2. The third-order valence-corrected chi connectivity index (χ3v) is 6.41. The Bertz CT molecular complexity index is 1220. The third kappa shape index (κ3) is 6.22. The van der Waals surface area contributed by atoms with Crippen LogP contribution in [0.4, 0.5) is 25.1 Å². The number of nitrogens with one attached hydrogen (secondary N) is 2. The molecule has 2 heterocycles. The van der Waals surface area contributed by atoms with E-state index in [9.17, 15) is 13.6 Å². The molecule has 7 nitrogen and oxygen atoms in total. The predicted octanol–water partition coefficient (Wildman–Crippen LogP) is 5.62. The summed E-state index contributed by atoms with van der Waals surface area (Å²) >= 11 is 5.93. The molecule has 2 aromatic carbocycles. The van der Waals surface area contributed by atoms with Gasteiger partial charge in [0.1, 0.15) is 17.7 Å². The van der Waals surface area contributed by atoms with Gasteiger partial charge in [-0.25, -0.2) is 18.6 Å². The monoisotopic (exact) mass is 515 g/mol. The van der Waals surface area contributed by atoms with Crippen molar-refractivity contribution in [2.45, 2.75) is 25.9 Å². The van der Waals surface area contributed by atoms with E-state index in [1.165, 1.54) is 12.8 Å². The molecule has 0 radical (unpaired) electrons. The Labute approximate surface area is 213 Å². The number of nitrogen functional groups attached to an aromatic ring is 1. The van der Waals surface area contributed by atoms with Crippen LogP contribution in [0, 0.1) is 11.6 Å². The SMILES string of the molecule is CC(Oc1ccc(-c2ccc(NC(=O)NCCN3CCCC3)cc2)nc1N)c1c(F)ccc(F)c1Cl. The summed E-state index contributed by atoms with van der Waals surface area (Å²) < 4.78 is 33.7. The number of benzene rings is 2. The fourth-order valence-electron chi connectivity index (χ4n) is 4.12. The van der Waals surface area contributed by atoms with Gasteiger partial charge in [-0.05, 0) is 69.3 Å². The van der Waals surface area contributed by atoms with Gasteiger partial charge in [0.25, 0.3) is 0 Å². The molecule has 1 unspecified atom stereocenters. The lowest BCUT2D eigenvalue weighted by Gasteiger charge is -2.18. The summed E-state index contributed by atoms with van der Waals surface area (Å²) in [7, 11) is 0. The van der Waals surface area contributed by atoms with E-state index < -0.39 is 17.7 Å². The van der Waals surface area contributed by atoms with Crippen LogP contribution in [0.2, 0.25) is 5.02 Å². The van der Waals surface area contributed by atoms with Gasteiger partial charge in [-0.2, -0.15) is 0 Å². The molecule has 1 aromatic heterocycles. The van der Waals surface area contributed by atoms with Crippen LogP contribution in [-0.4, -0.2) is 42.1 Å². The maximum Gasteiger partial charge on any atom is 0.319 e. The fraction of sp³-hybridized carbons (Fsp3) is 0.308. The zero-order chi connectivity index (χ0) is 25.7. The number of hydrogen-bond acceptors (Lipinski definition) is 5. The molecular weight excluding hydrogens is 488 g/mol. The molecule has 2 amide bonds. The minimum absolute atomic E-state index is 0.0897. The number of nitrogens with zero attached hydrogens (tertiary/aromatic N) is 2. The van der Waals surface area contributed by atoms with Crippen LogP contribution < -0.4 is 21.1 Å². The van der Waals surface area contributed by atoms with Crippen molar-refractivity contribution >= 4 is 29.1 Å². The Morgan fingerprint density at radius 2 is 1.81 bits per heavy atom. The van der Waals surface area contributed by atoms with Gasteiger partial charge >= 0.3 is 6.03 Å². The summed E-state index contributed by atoms with van der Waals surface area (Å²) in [5.74, 6) is -1.10. The Hall–Kier alpha value is -3.43. The standard InChI is InChI=1S/C26H28ClF2N5O2/c1-16(23-19(28)8-9-20(29)24(23)27)36-22-11-10-21(33-25(22)30)17-4-6-18(7-5-17)32-26(35)31-12-15-34-13-2-3-14-34/h4-11,16H,2-3,12-15H2,1H3,(H2,30,33)(H2,31,32,35). The van der Waals surface area contributed by atoms with Crippen molar-refractivity contribution in [3.63, 3.8) is 0 Å². The highest BCUT2D eigenvalue weighted by molar-refractivity contribution is 6.31. The van der Waals surface area contributed by atoms with Crippen molar-refractivity contribution in [3.8, 4) is 17.0 Å². The number of pyridine rings is 1. The Balaban J connectivity index is 1.35. The molecule has 0 saturated carbocycles. The molecule has 0 aliphatic carbocycles. The largest absolute Gasteiger partial charge is 0.482 e. The van der Waals surface area contributed by atoms with E-state index in [1.54, 1.807) is 31.2 Å². The number of amides is 2. The van der Waals surface area contributed by atoms with Crippen LogP contribution >= 0.6 is 11.6 Å². The maximum absolute atomic E-state index is 14.2. The number of nitrogens with two attached hydrogens (primary N) is 1. The Morgan fingerprint density at radius 1 is 1.11 bits per heavy atom. The summed E-state index contributed by atoms with van der Waals surface area (Å²) in [4.78, 5) is 18.8. The van der Waals surface area contributed by atoms with Crippen LogP contribution in [0.25, 0.3) is 11.3 Å². The second kappa shape index (κ2) is 11.5. The molecule has 36 heavy (non-hydrogen) atoms. The minimum atomic E-state index is -0.894. The van der Waals surface area contributed by atoms with Crippen LogP contribution in [0.1, 0.15) is 31.4 Å². The summed E-state index contributed by atoms with van der Waals surface area (Å²) in [6, 6.07) is 12.2. The Morgan fingerprint density at radius 3 is 2.50 bits per heavy atom. The molecular formula is C26H28ClF2N5O2. The zero-order valence-corrected chi connectivity index (χ0v) is 20.6. The van der Waals surface area contributed by atoms with Gasteiger partial charge in [0, 0.05) is 29.9 Å². The lowest BCUT2D eigenvalue weighted by molar-refractivity contribution is 0.221. The van der Waals surface area contributed by atoms with Gasteiger partial charge in [0.2, 0.25) is 0 Å². The van der Waals surface area contributed by atoms with Crippen LogP contribution in [0.15, 0.2) is 48.5 Å². The first-order chi connectivity index (χ1) is 17.3. The first-order valence-corrected chi connectivity index (χ1v) is 12.1. The number of urea groups is 1. The molecule has 1 aliphatic rings. The fourth-order valence-corrected chi connectivity index (χ4v) is 4.43. The second-order valence-electron chi connectivity index (χ2n) is 8.60. The normalized spacial score (nSPS) is 14.4. The van der Waals surface area contributed by atoms with Gasteiger partial charge in [0.15, 0.2) is 11.6 Å². The zero-order valence-electron chi connectivity index (χ0n) is 19.9. The number of rotatable bonds is 8. The Kier molecular flexibility index (Phi) is 8.22. The van der Waals surface area contributed by atoms with Crippen molar-refractivity contribution in [3.05, 3.63) is 70.8 Å². The van der Waals surface area contributed by atoms with Crippen molar-refractivity contribution in [2.75, 3.05) is 37.2 Å². The van der Waals surface area contributed by atoms with E-state index >= 15 is 0 Å². The summed E-state index contributed by atoms with van der Waals surface area (Å²) in [5, 5.41) is 5.35. The van der Waals surface area contributed by atoms with E-state index in [0.717, 1.165) is 37.3 Å². The van der Waals surface area contributed by atoms with Crippen LogP contribution in [0.3, 0.4) is 0 Å². The topological polar surface area (TPSA) is 92.5 Å². The van der Waals surface area contributed by atoms with E-state index in [-0.39, 0.29) is 28.2 Å². The minimum Gasteiger partial charge on any atom is -0.482 e. The number of carbonyl (C=O) groups is 1. The van der Waals surface area contributed by atoms with E-state index in [1.807, 2.05) is 12.1 Å². The molecule has 1 fully saturated rings. The molecule has 10 heteroatoms. The average Bonchev–Trinajstić information content (AvgIpc) is 3.37. The highest BCUT2D eigenvalue weighted by Gasteiger charge is 2.21. The lowest BCUT2D eigenvalue weighted by atomic mass is 10.1.